The fraction of sp³-hybridized carbons (Fsp3) is 0.250. The average Bonchev–Trinajstić information content (AvgIpc) is 2.67. The van der Waals surface area contributed by atoms with Gasteiger partial charge in [0.15, 0.2) is 11.5 Å². The van der Waals surface area contributed by atoms with Crippen LogP contribution >= 0.6 is 0 Å². The van der Waals surface area contributed by atoms with Crippen LogP contribution in [-0.4, -0.2) is 29.1 Å². The highest BCUT2D eigenvalue weighted by Crippen LogP contribution is 2.17. The topological polar surface area (TPSA) is 63.4 Å². The van der Waals surface area contributed by atoms with E-state index in [0.717, 1.165) is 11.1 Å². The molecular weight excluding hydrogens is 220 g/mol. The molecule has 1 amide bonds. The smallest absolute Gasteiger partial charge is 0.286 e. The molecule has 2 aromatic rings. The van der Waals surface area contributed by atoms with Gasteiger partial charge in [-0.1, -0.05) is 6.07 Å². The van der Waals surface area contributed by atoms with Gasteiger partial charge >= 0.3 is 0 Å². The van der Waals surface area contributed by atoms with Crippen LogP contribution in [0.4, 0.5) is 0 Å². The Morgan fingerprint density at radius 3 is 3.00 bits per heavy atom. The number of carbonyl (C=O) groups excluding carboxylic acids is 2. The van der Waals surface area contributed by atoms with Gasteiger partial charge in [-0.2, -0.15) is 0 Å². The number of oxazole rings is 1. The Morgan fingerprint density at radius 1 is 1.53 bits per heavy atom. The number of hydrogen-bond acceptors (Lipinski definition) is 4. The van der Waals surface area contributed by atoms with Crippen molar-refractivity contribution >= 4 is 23.3 Å². The maximum Gasteiger partial charge on any atom is 0.286 e. The number of aldehydes is 1. The number of aryl methyl sites for hydroxylation is 1. The van der Waals surface area contributed by atoms with Crippen LogP contribution in [0, 0.1) is 6.92 Å². The molecule has 17 heavy (non-hydrogen) atoms. The van der Waals surface area contributed by atoms with Gasteiger partial charge in [0.1, 0.15) is 5.52 Å². The standard InChI is InChI=1S/C12H12N2O3/c1-8-13-10-4-3-9(5-11(10)17-8)6-14(2)12(16)7-15/h3-5,7H,6H2,1-2H3. The summed E-state index contributed by atoms with van der Waals surface area (Å²) >= 11 is 0. The van der Waals surface area contributed by atoms with Crippen LogP contribution in [-0.2, 0) is 16.1 Å². The van der Waals surface area contributed by atoms with E-state index in [9.17, 15) is 9.59 Å². The maximum atomic E-state index is 11.1. The van der Waals surface area contributed by atoms with Crippen LogP contribution in [0.2, 0.25) is 0 Å². The molecule has 2 rings (SSSR count). The molecule has 0 saturated carbocycles. The van der Waals surface area contributed by atoms with E-state index in [1.54, 1.807) is 14.0 Å². The molecule has 88 valence electrons. The number of aromatic nitrogens is 1. The second kappa shape index (κ2) is 4.37. The molecule has 0 N–H and O–H groups in total. The van der Waals surface area contributed by atoms with Gasteiger partial charge in [-0.25, -0.2) is 4.98 Å². The largest absolute Gasteiger partial charge is 0.441 e. The van der Waals surface area contributed by atoms with E-state index in [0.29, 0.717) is 24.3 Å². The summed E-state index contributed by atoms with van der Waals surface area (Å²) in [5.41, 5.74) is 2.37. The molecule has 1 aromatic carbocycles. The third-order valence-corrected chi connectivity index (χ3v) is 2.46. The van der Waals surface area contributed by atoms with Crippen LogP contribution in [0.3, 0.4) is 0 Å². The first-order chi connectivity index (χ1) is 8.10. The summed E-state index contributed by atoms with van der Waals surface area (Å²) in [5, 5.41) is 0. The third kappa shape index (κ3) is 2.33. The lowest BCUT2D eigenvalue weighted by atomic mass is 10.2. The van der Waals surface area contributed by atoms with Crippen molar-refractivity contribution in [1.82, 2.24) is 9.88 Å². The Hall–Kier alpha value is -2.17. The van der Waals surface area contributed by atoms with Crippen molar-refractivity contribution in [3.8, 4) is 0 Å². The van der Waals surface area contributed by atoms with Crippen molar-refractivity contribution in [2.75, 3.05) is 7.05 Å². The zero-order valence-corrected chi connectivity index (χ0v) is 9.64. The molecule has 5 nitrogen and oxygen atoms in total. The summed E-state index contributed by atoms with van der Waals surface area (Å²) in [7, 11) is 1.58. The highest BCUT2D eigenvalue weighted by molar-refractivity contribution is 6.23. The normalized spacial score (nSPS) is 10.5. The van der Waals surface area contributed by atoms with Crippen molar-refractivity contribution in [3.05, 3.63) is 29.7 Å². The number of nitrogens with zero attached hydrogens (tertiary/aromatic N) is 2. The minimum Gasteiger partial charge on any atom is -0.441 e. The Balaban J connectivity index is 2.24. The number of hydrogen-bond donors (Lipinski definition) is 0. The molecule has 1 aromatic heterocycles. The molecule has 0 aliphatic heterocycles. The van der Waals surface area contributed by atoms with Gasteiger partial charge in [0, 0.05) is 20.5 Å². The first-order valence-electron chi connectivity index (χ1n) is 5.16. The molecule has 5 heteroatoms. The van der Waals surface area contributed by atoms with Crippen molar-refractivity contribution in [2.24, 2.45) is 0 Å². The van der Waals surface area contributed by atoms with E-state index in [2.05, 4.69) is 4.98 Å². The number of rotatable bonds is 3. The Kier molecular flexibility index (Phi) is 2.91. The number of fused-ring (bicyclic) bond motifs is 1. The maximum absolute atomic E-state index is 11.1. The highest BCUT2D eigenvalue weighted by atomic mass is 16.3. The highest BCUT2D eigenvalue weighted by Gasteiger charge is 2.09. The lowest BCUT2D eigenvalue weighted by Gasteiger charge is -2.13. The molecule has 1 heterocycles. The number of carbonyl (C=O) groups is 2. The van der Waals surface area contributed by atoms with Crippen LogP contribution in [0.1, 0.15) is 11.5 Å². The van der Waals surface area contributed by atoms with Gasteiger partial charge in [-0.15, -0.1) is 0 Å². The van der Waals surface area contributed by atoms with E-state index in [1.807, 2.05) is 18.2 Å². The van der Waals surface area contributed by atoms with Gasteiger partial charge in [0.2, 0.25) is 6.29 Å². The van der Waals surface area contributed by atoms with Crippen LogP contribution in [0.25, 0.3) is 11.1 Å². The van der Waals surface area contributed by atoms with Gasteiger partial charge in [-0.3, -0.25) is 9.59 Å². The lowest BCUT2D eigenvalue weighted by molar-refractivity contribution is -0.138. The minimum atomic E-state index is -0.543. The third-order valence-electron chi connectivity index (χ3n) is 2.46. The van der Waals surface area contributed by atoms with Crippen LogP contribution < -0.4 is 0 Å². The second-order valence-corrected chi connectivity index (χ2v) is 3.85. The quantitative estimate of drug-likeness (QED) is 0.591. The van der Waals surface area contributed by atoms with Crippen molar-refractivity contribution < 1.29 is 14.0 Å². The molecule has 0 bridgehead atoms. The van der Waals surface area contributed by atoms with E-state index in [4.69, 9.17) is 4.42 Å². The first-order valence-corrected chi connectivity index (χ1v) is 5.16. The van der Waals surface area contributed by atoms with Crippen LogP contribution in [0.5, 0.6) is 0 Å². The number of amides is 1. The molecule has 0 aliphatic carbocycles. The molecule has 0 radical (unpaired) electrons. The first kappa shape index (κ1) is 11.3. The molecule has 0 aliphatic rings. The predicted octanol–water partition coefficient (Wildman–Crippen LogP) is 1.29. The van der Waals surface area contributed by atoms with Gasteiger partial charge < -0.3 is 9.32 Å². The van der Waals surface area contributed by atoms with E-state index in [1.165, 1.54) is 4.90 Å². The summed E-state index contributed by atoms with van der Waals surface area (Å²) in [5.74, 6) is 0.0633. The summed E-state index contributed by atoms with van der Waals surface area (Å²) in [6.07, 6.45) is 0.303. The summed E-state index contributed by atoms with van der Waals surface area (Å²) in [6, 6.07) is 5.52. The second-order valence-electron chi connectivity index (χ2n) is 3.85. The van der Waals surface area contributed by atoms with E-state index in [-0.39, 0.29) is 0 Å². The fourth-order valence-electron chi connectivity index (χ4n) is 1.62. The monoisotopic (exact) mass is 232 g/mol. The Bertz CT molecular complexity index is 574. The molecule has 0 fully saturated rings. The Labute approximate surface area is 98.0 Å². The van der Waals surface area contributed by atoms with Gasteiger partial charge in [-0.05, 0) is 17.7 Å². The SMILES string of the molecule is Cc1nc2ccc(CN(C)C(=O)C=O)cc2o1. The molecule has 0 unspecified atom stereocenters. The molecule has 0 spiro atoms. The molecule has 0 saturated heterocycles. The predicted molar refractivity (Wildman–Crippen MR) is 61.3 cm³/mol. The van der Waals surface area contributed by atoms with Crippen LogP contribution in [0.15, 0.2) is 22.6 Å². The molecule has 0 atom stereocenters. The van der Waals surface area contributed by atoms with Crippen molar-refractivity contribution in [3.63, 3.8) is 0 Å². The van der Waals surface area contributed by atoms with Gasteiger partial charge in [0.25, 0.3) is 5.91 Å². The fourth-order valence-corrected chi connectivity index (χ4v) is 1.62. The summed E-state index contributed by atoms with van der Waals surface area (Å²) in [6.45, 7) is 2.15. The molecular formula is C12H12N2O3. The lowest BCUT2D eigenvalue weighted by Crippen LogP contribution is -2.26. The Morgan fingerprint density at radius 2 is 2.29 bits per heavy atom. The number of benzene rings is 1. The van der Waals surface area contributed by atoms with Crippen molar-refractivity contribution in [1.29, 1.82) is 0 Å². The van der Waals surface area contributed by atoms with Gasteiger partial charge in [0.05, 0.1) is 0 Å². The average molecular weight is 232 g/mol. The van der Waals surface area contributed by atoms with E-state index >= 15 is 0 Å². The summed E-state index contributed by atoms with van der Waals surface area (Å²) in [4.78, 5) is 27.0. The summed E-state index contributed by atoms with van der Waals surface area (Å²) < 4.78 is 5.39. The zero-order chi connectivity index (χ0) is 12.4. The number of likely N-dealkylation sites (N-methyl/N-ethyl adjacent to an activating group) is 1. The minimum absolute atomic E-state index is 0.303. The van der Waals surface area contributed by atoms with E-state index < -0.39 is 5.91 Å². The zero-order valence-electron chi connectivity index (χ0n) is 9.64. The van der Waals surface area contributed by atoms with Crippen molar-refractivity contribution in [2.45, 2.75) is 13.5 Å².